The van der Waals surface area contributed by atoms with E-state index in [0.717, 1.165) is 38.0 Å². The Bertz CT molecular complexity index is 459. The van der Waals surface area contributed by atoms with Gasteiger partial charge in [0.15, 0.2) is 0 Å². The first-order valence-corrected chi connectivity index (χ1v) is 9.05. The third-order valence-electron chi connectivity index (χ3n) is 4.65. The highest BCUT2D eigenvalue weighted by Gasteiger charge is 2.41. The topological polar surface area (TPSA) is 60.2 Å². The maximum atomic E-state index is 6.16. The second-order valence-electron chi connectivity index (χ2n) is 5.94. The van der Waals surface area contributed by atoms with E-state index in [1.165, 1.54) is 11.5 Å². The summed E-state index contributed by atoms with van der Waals surface area (Å²) in [5.74, 6) is 8.68. The van der Waals surface area contributed by atoms with Crippen LogP contribution in [0.25, 0.3) is 0 Å². The molecule has 3 heterocycles. The molecule has 4 nitrogen and oxygen atoms in total. The number of pyridine rings is 1. The molecule has 2 aliphatic rings. The Morgan fingerprint density at radius 1 is 1.43 bits per heavy atom. The van der Waals surface area contributed by atoms with Gasteiger partial charge in [0.1, 0.15) is 0 Å². The van der Waals surface area contributed by atoms with Crippen molar-refractivity contribution in [3.8, 4) is 0 Å². The molecule has 2 saturated heterocycles. The summed E-state index contributed by atoms with van der Waals surface area (Å²) in [6.45, 7) is 0.821. The van der Waals surface area contributed by atoms with E-state index in [4.69, 9.17) is 22.2 Å². The van der Waals surface area contributed by atoms with Gasteiger partial charge in [0.25, 0.3) is 0 Å². The highest BCUT2D eigenvalue weighted by Crippen LogP contribution is 2.43. The molecule has 2 unspecified atom stereocenters. The lowest BCUT2D eigenvalue weighted by Crippen LogP contribution is -2.46. The van der Waals surface area contributed by atoms with Crippen LogP contribution in [0.5, 0.6) is 0 Å². The van der Waals surface area contributed by atoms with Crippen LogP contribution in [0.2, 0.25) is 5.02 Å². The van der Waals surface area contributed by atoms with Crippen LogP contribution in [-0.4, -0.2) is 28.7 Å². The highest BCUT2D eigenvalue weighted by molar-refractivity contribution is 7.99. The predicted octanol–water partition coefficient (Wildman–Crippen LogP) is 2.93. The van der Waals surface area contributed by atoms with Crippen LogP contribution < -0.4 is 11.3 Å². The second-order valence-corrected chi connectivity index (χ2v) is 7.60. The van der Waals surface area contributed by atoms with E-state index < -0.39 is 0 Å². The molecule has 1 spiro atoms. The molecule has 6 heteroatoms. The van der Waals surface area contributed by atoms with Crippen molar-refractivity contribution in [2.75, 3.05) is 18.1 Å². The van der Waals surface area contributed by atoms with Gasteiger partial charge in [-0.3, -0.25) is 16.3 Å². The molecule has 3 rings (SSSR count). The summed E-state index contributed by atoms with van der Waals surface area (Å²) in [4.78, 5) is 4.44. The van der Waals surface area contributed by atoms with Crippen molar-refractivity contribution in [3.05, 3.63) is 29.0 Å². The molecule has 116 valence electrons. The van der Waals surface area contributed by atoms with Gasteiger partial charge in [-0.15, -0.1) is 0 Å². The van der Waals surface area contributed by atoms with Gasteiger partial charge in [-0.25, -0.2) is 0 Å². The first-order valence-electron chi connectivity index (χ1n) is 7.52. The third-order valence-corrected chi connectivity index (χ3v) is 5.86. The molecule has 0 saturated carbocycles. The minimum atomic E-state index is 0.0652. The summed E-state index contributed by atoms with van der Waals surface area (Å²) >= 11 is 7.95. The Morgan fingerprint density at radius 2 is 2.24 bits per heavy atom. The average molecular weight is 328 g/mol. The van der Waals surface area contributed by atoms with Gasteiger partial charge in [-0.2, -0.15) is 11.8 Å². The van der Waals surface area contributed by atoms with Crippen LogP contribution in [0, 0.1) is 5.92 Å². The summed E-state index contributed by atoms with van der Waals surface area (Å²) in [6, 6.07) is 3.91. The number of nitrogens with zero attached hydrogens (tertiary/aromatic N) is 1. The summed E-state index contributed by atoms with van der Waals surface area (Å²) in [5, 5.41) is 0.655. The molecule has 0 aromatic carbocycles. The quantitative estimate of drug-likeness (QED) is 0.660. The Balaban J connectivity index is 1.75. The second kappa shape index (κ2) is 6.84. The molecule has 2 fully saturated rings. The monoisotopic (exact) mass is 327 g/mol. The Morgan fingerprint density at radius 3 is 2.90 bits per heavy atom. The number of hydrogen-bond donors (Lipinski definition) is 2. The van der Waals surface area contributed by atoms with Crippen LogP contribution in [0.15, 0.2) is 18.3 Å². The lowest BCUT2D eigenvalue weighted by molar-refractivity contribution is -0.107. The van der Waals surface area contributed by atoms with Crippen LogP contribution in [-0.2, 0) is 4.74 Å². The summed E-state index contributed by atoms with van der Waals surface area (Å²) in [7, 11) is 0. The molecule has 3 N–H and O–H groups in total. The number of hydrogen-bond acceptors (Lipinski definition) is 5. The van der Waals surface area contributed by atoms with Crippen molar-refractivity contribution in [1.82, 2.24) is 10.4 Å². The van der Waals surface area contributed by atoms with Gasteiger partial charge >= 0.3 is 0 Å². The highest BCUT2D eigenvalue weighted by atomic mass is 35.5. The molecule has 0 radical (unpaired) electrons. The van der Waals surface area contributed by atoms with Crippen molar-refractivity contribution < 1.29 is 4.74 Å². The fraction of sp³-hybridized carbons (Fsp3) is 0.667. The minimum absolute atomic E-state index is 0.0652. The van der Waals surface area contributed by atoms with Gasteiger partial charge in [-0.05, 0) is 55.2 Å². The summed E-state index contributed by atoms with van der Waals surface area (Å²) in [6.07, 6.45) is 6.08. The lowest BCUT2D eigenvalue weighted by atomic mass is 9.78. The Labute approximate surface area is 135 Å². The standard InChI is InChI=1S/C15H22ClN3OS/c16-12-1-2-13(18-10-12)14(19-17)11-3-6-20-15(9-11)4-7-21-8-5-15/h1-2,10-11,14,19H,3-9,17H2. The third kappa shape index (κ3) is 3.54. The van der Waals surface area contributed by atoms with E-state index in [1.54, 1.807) is 6.20 Å². The van der Waals surface area contributed by atoms with Gasteiger partial charge in [0, 0.05) is 12.8 Å². The number of nitrogens with two attached hydrogens (primary N) is 1. The number of aromatic nitrogens is 1. The van der Waals surface area contributed by atoms with Crippen LogP contribution in [0.3, 0.4) is 0 Å². The minimum Gasteiger partial charge on any atom is -0.375 e. The summed E-state index contributed by atoms with van der Waals surface area (Å²) in [5.41, 5.74) is 4.00. The lowest BCUT2D eigenvalue weighted by Gasteiger charge is -2.45. The maximum absolute atomic E-state index is 6.16. The van der Waals surface area contributed by atoms with Crippen LogP contribution >= 0.6 is 23.4 Å². The smallest absolute Gasteiger partial charge is 0.0701 e. The average Bonchev–Trinajstić information content (AvgIpc) is 2.51. The molecule has 2 aliphatic heterocycles. The first-order chi connectivity index (χ1) is 10.2. The number of rotatable bonds is 3. The van der Waals surface area contributed by atoms with Crippen molar-refractivity contribution in [3.63, 3.8) is 0 Å². The first kappa shape index (κ1) is 15.6. The number of ether oxygens (including phenoxy) is 1. The van der Waals surface area contributed by atoms with Crippen molar-refractivity contribution in [2.45, 2.75) is 37.3 Å². The molecule has 0 bridgehead atoms. The molecule has 1 aromatic heterocycles. The van der Waals surface area contributed by atoms with Crippen molar-refractivity contribution in [2.24, 2.45) is 11.8 Å². The molecule has 2 atom stereocenters. The van der Waals surface area contributed by atoms with Gasteiger partial charge in [0.05, 0.1) is 22.4 Å². The fourth-order valence-electron chi connectivity index (χ4n) is 3.48. The van der Waals surface area contributed by atoms with E-state index in [0.29, 0.717) is 10.9 Å². The van der Waals surface area contributed by atoms with E-state index in [-0.39, 0.29) is 11.6 Å². The number of nitrogens with one attached hydrogen (secondary N) is 1. The van der Waals surface area contributed by atoms with Crippen molar-refractivity contribution in [1.29, 1.82) is 0 Å². The SMILES string of the molecule is NNC(c1ccc(Cl)cn1)C1CCOC2(CCSCC2)C1. The molecule has 0 amide bonds. The fourth-order valence-corrected chi connectivity index (χ4v) is 4.82. The number of halogens is 1. The Hall–Kier alpha value is -0.330. The zero-order valence-corrected chi connectivity index (χ0v) is 13.6. The molecule has 1 aromatic rings. The van der Waals surface area contributed by atoms with E-state index >= 15 is 0 Å². The molecule has 21 heavy (non-hydrogen) atoms. The summed E-state index contributed by atoms with van der Waals surface area (Å²) < 4.78 is 6.16. The molecular weight excluding hydrogens is 306 g/mol. The number of hydrazine groups is 1. The van der Waals surface area contributed by atoms with Gasteiger partial charge in [0.2, 0.25) is 0 Å². The molecule has 0 aliphatic carbocycles. The van der Waals surface area contributed by atoms with Gasteiger partial charge < -0.3 is 4.74 Å². The molecular formula is C15H22ClN3OS. The zero-order chi connectivity index (χ0) is 14.7. The van der Waals surface area contributed by atoms with Crippen LogP contribution in [0.4, 0.5) is 0 Å². The maximum Gasteiger partial charge on any atom is 0.0701 e. The van der Waals surface area contributed by atoms with E-state index in [9.17, 15) is 0 Å². The van der Waals surface area contributed by atoms with E-state index in [2.05, 4.69) is 10.4 Å². The van der Waals surface area contributed by atoms with E-state index in [1.807, 2.05) is 23.9 Å². The normalized spacial score (nSPS) is 26.7. The predicted molar refractivity (Wildman–Crippen MR) is 87.3 cm³/mol. The number of thioether (sulfide) groups is 1. The van der Waals surface area contributed by atoms with Crippen LogP contribution in [0.1, 0.15) is 37.4 Å². The zero-order valence-electron chi connectivity index (χ0n) is 12.1. The largest absolute Gasteiger partial charge is 0.375 e. The van der Waals surface area contributed by atoms with Crippen molar-refractivity contribution >= 4 is 23.4 Å². The Kier molecular flexibility index (Phi) is 5.07. The van der Waals surface area contributed by atoms with Gasteiger partial charge in [-0.1, -0.05) is 11.6 Å².